The van der Waals surface area contributed by atoms with E-state index in [1.54, 1.807) is 5.57 Å². The summed E-state index contributed by atoms with van der Waals surface area (Å²) in [6.45, 7) is 25.3. The summed E-state index contributed by atoms with van der Waals surface area (Å²) in [4.78, 5) is 15.6. The van der Waals surface area contributed by atoms with Crippen LogP contribution in [0.4, 0.5) is 0 Å². The summed E-state index contributed by atoms with van der Waals surface area (Å²) in [5, 5.41) is 0.688. The number of allylic oxidation sites excluding steroid dienone is 2. The Bertz CT molecular complexity index is 1170. The molecular formula is C47H89Cl2N3OS2. The van der Waals surface area contributed by atoms with Gasteiger partial charge in [-0.2, -0.15) is 0 Å². The molecule has 4 aliphatic carbocycles. The normalized spacial score (nSPS) is 30.3. The van der Waals surface area contributed by atoms with Crippen LogP contribution in [-0.2, 0) is 4.79 Å². The Balaban J connectivity index is 0.00000523. The van der Waals surface area contributed by atoms with Crippen molar-refractivity contribution in [3.05, 3.63) is 11.6 Å². The quantitative estimate of drug-likeness (QED) is 0.0645. The number of hydrogen-bond donors (Lipinski definition) is 2. The summed E-state index contributed by atoms with van der Waals surface area (Å²) in [5.41, 5.74) is 14.9. The number of unbranched alkanes of at least 4 members (excludes halogenated alkanes) is 4. The van der Waals surface area contributed by atoms with E-state index in [4.69, 9.17) is 11.5 Å². The highest BCUT2D eigenvalue weighted by molar-refractivity contribution is 8.76. The van der Waals surface area contributed by atoms with Crippen LogP contribution in [0, 0.1) is 52.3 Å². The molecule has 55 heavy (non-hydrogen) atoms. The fourth-order valence-corrected chi connectivity index (χ4v) is 14.6. The lowest BCUT2D eigenvalue weighted by Gasteiger charge is -2.58. The van der Waals surface area contributed by atoms with Gasteiger partial charge in [-0.1, -0.05) is 113 Å². The van der Waals surface area contributed by atoms with Crippen molar-refractivity contribution in [1.29, 1.82) is 0 Å². The van der Waals surface area contributed by atoms with Crippen molar-refractivity contribution in [3.8, 4) is 0 Å². The summed E-state index contributed by atoms with van der Waals surface area (Å²) >= 11 is 0. The fraction of sp³-hybridized carbons (Fsp3) is 0.936. The lowest BCUT2D eigenvalue weighted by atomic mass is 9.47. The van der Waals surface area contributed by atoms with Gasteiger partial charge in [0, 0.05) is 41.6 Å². The maximum atomic E-state index is 13.4. The van der Waals surface area contributed by atoms with Crippen LogP contribution in [0.5, 0.6) is 0 Å². The van der Waals surface area contributed by atoms with Crippen molar-refractivity contribution >= 4 is 52.3 Å². The SMILES string of the molecule is CCC(CCC(C)[C@H]1CC[C@H]2[C@@H]3CC=C4C[C@@H](SSCCC(=O)N(CCCCCCCC(C)(C)N)CCC(C)(C)N)CC[C@]4(C)[C@H]3CC[C@]12C)C(C)C.Cl.Cl. The molecule has 0 aromatic heterocycles. The summed E-state index contributed by atoms with van der Waals surface area (Å²) in [6.07, 6.45) is 26.6. The van der Waals surface area contributed by atoms with Crippen molar-refractivity contribution in [1.82, 2.24) is 4.90 Å². The molecular weight excluding hydrogens is 758 g/mol. The molecule has 4 aliphatic rings. The molecule has 1 amide bonds. The largest absolute Gasteiger partial charge is 0.343 e. The number of rotatable bonds is 22. The monoisotopic (exact) mass is 846 g/mol. The molecule has 0 radical (unpaired) electrons. The van der Waals surface area contributed by atoms with Crippen LogP contribution in [0.15, 0.2) is 11.6 Å². The molecule has 324 valence electrons. The molecule has 9 atom stereocenters. The maximum Gasteiger partial charge on any atom is 0.223 e. The zero-order chi connectivity index (χ0) is 39.0. The number of carbonyl (C=O) groups excluding carboxylic acids is 1. The lowest BCUT2D eigenvalue weighted by Crippen LogP contribution is -2.50. The van der Waals surface area contributed by atoms with Gasteiger partial charge in [-0.15, -0.1) is 24.8 Å². The second-order valence-corrected chi connectivity index (χ2v) is 23.9. The van der Waals surface area contributed by atoms with E-state index in [1.807, 2.05) is 10.8 Å². The number of fused-ring (bicyclic) bond motifs is 5. The number of halogens is 2. The Kier molecular flexibility index (Phi) is 21.4. The van der Waals surface area contributed by atoms with Crippen molar-refractivity contribution < 1.29 is 4.79 Å². The average Bonchev–Trinajstić information content (AvgIpc) is 3.44. The van der Waals surface area contributed by atoms with Crippen molar-refractivity contribution in [2.45, 2.75) is 208 Å². The van der Waals surface area contributed by atoms with Gasteiger partial charge in [0.2, 0.25) is 5.91 Å². The summed E-state index contributed by atoms with van der Waals surface area (Å²) in [6, 6.07) is 0. The molecule has 0 spiro atoms. The first-order valence-corrected chi connectivity index (χ1v) is 25.1. The smallest absolute Gasteiger partial charge is 0.223 e. The molecule has 4 N–H and O–H groups in total. The van der Waals surface area contributed by atoms with Gasteiger partial charge in [-0.25, -0.2) is 0 Å². The molecule has 4 nitrogen and oxygen atoms in total. The number of amides is 1. The minimum absolute atomic E-state index is 0. The summed E-state index contributed by atoms with van der Waals surface area (Å²) < 4.78 is 0. The first kappa shape index (κ1) is 51.6. The van der Waals surface area contributed by atoms with E-state index in [1.165, 1.54) is 96.3 Å². The predicted octanol–water partition coefficient (Wildman–Crippen LogP) is 13.7. The van der Waals surface area contributed by atoms with Crippen LogP contribution in [0.1, 0.15) is 191 Å². The third-order valence-corrected chi connectivity index (χ3v) is 18.4. The Morgan fingerprint density at radius 2 is 1.55 bits per heavy atom. The topological polar surface area (TPSA) is 72.3 Å². The molecule has 0 aromatic rings. The first-order valence-electron chi connectivity index (χ1n) is 22.7. The lowest BCUT2D eigenvalue weighted by molar-refractivity contribution is -0.131. The second-order valence-electron chi connectivity index (χ2n) is 21.1. The number of carbonyl (C=O) groups is 1. The number of nitrogens with two attached hydrogens (primary N) is 2. The van der Waals surface area contributed by atoms with Crippen LogP contribution in [0.2, 0.25) is 0 Å². The molecule has 0 saturated heterocycles. The van der Waals surface area contributed by atoms with Gasteiger partial charge >= 0.3 is 0 Å². The zero-order valence-corrected chi connectivity index (χ0v) is 40.7. The summed E-state index contributed by atoms with van der Waals surface area (Å²) in [7, 11) is 4.05. The Morgan fingerprint density at radius 1 is 0.873 bits per heavy atom. The van der Waals surface area contributed by atoms with E-state index < -0.39 is 0 Å². The van der Waals surface area contributed by atoms with Crippen LogP contribution >= 0.6 is 46.4 Å². The van der Waals surface area contributed by atoms with Crippen LogP contribution in [0.25, 0.3) is 0 Å². The molecule has 0 heterocycles. The van der Waals surface area contributed by atoms with Gasteiger partial charge in [0.05, 0.1) is 0 Å². The summed E-state index contributed by atoms with van der Waals surface area (Å²) in [5.74, 6) is 7.47. The van der Waals surface area contributed by atoms with Gasteiger partial charge in [0.1, 0.15) is 0 Å². The molecule has 4 rings (SSSR count). The van der Waals surface area contributed by atoms with Crippen molar-refractivity contribution in [3.63, 3.8) is 0 Å². The number of hydrogen-bond acceptors (Lipinski definition) is 5. The van der Waals surface area contributed by atoms with Gasteiger partial charge < -0.3 is 16.4 Å². The third-order valence-electron chi connectivity index (χ3n) is 15.5. The van der Waals surface area contributed by atoms with Gasteiger partial charge in [-0.05, 0) is 157 Å². The average molecular weight is 847 g/mol. The second kappa shape index (κ2) is 22.9. The molecule has 0 aliphatic heterocycles. The predicted molar refractivity (Wildman–Crippen MR) is 251 cm³/mol. The number of nitrogens with zero attached hydrogens (tertiary/aromatic N) is 1. The highest BCUT2D eigenvalue weighted by Gasteiger charge is 2.59. The fourth-order valence-electron chi connectivity index (χ4n) is 12.0. The van der Waals surface area contributed by atoms with E-state index >= 15 is 0 Å². The zero-order valence-electron chi connectivity index (χ0n) is 37.4. The Hall–Kier alpha value is 0.410. The minimum Gasteiger partial charge on any atom is -0.343 e. The molecule has 3 saturated carbocycles. The van der Waals surface area contributed by atoms with Crippen LogP contribution in [0.3, 0.4) is 0 Å². The van der Waals surface area contributed by atoms with Crippen molar-refractivity contribution in [2.24, 2.45) is 63.7 Å². The highest BCUT2D eigenvalue weighted by atomic mass is 35.5. The molecule has 0 aromatic carbocycles. The van der Waals surface area contributed by atoms with Crippen LogP contribution in [-0.4, -0.2) is 46.0 Å². The minimum atomic E-state index is -0.248. The maximum absolute atomic E-state index is 13.4. The standard InChI is InChI=1S/C47H87N3OS2.2ClH/c1-11-36(34(2)3)18-17-35(4)40-21-22-41-39-20-19-37-33-38(23-27-46(37,9)42(39)24-28-47(40,41)10)53-52-32-25-43(51)50(31-29-45(7,8)49)30-16-14-12-13-15-26-44(5,6)48;;/h19,34-36,38-42H,11-18,20-33,48-49H2,1-10H3;2*1H/t35?,36?,38-,39-,40+,41-,42-,46-,47+;;/m0../s1. The van der Waals surface area contributed by atoms with Gasteiger partial charge in [-0.3, -0.25) is 4.79 Å². The Labute approximate surface area is 361 Å². The van der Waals surface area contributed by atoms with E-state index in [0.29, 0.717) is 28.4 Å². The van der Waals surface area contributed by atoms with Crippen LogP contribution < -0.4 is 11.5 Å². The molecule has 0 bridgehead atoms. The van der Waals surface area contributed by atoms with E-state index in [0.717, 1.165) is 79.5 Å². The Morgan fingerprint density at radius 3 is 2.20 bits per heavy atom. The molecule has 3 fully saturated rings. The van der Waals surface area contributed by atoms with Gasteiger partial charge in [0.15, 0.2) is 0 Å². The van der Waals surface area contributed by atoms with E-state index in [2.05, 4.69) is 91.0 Å². The highest BCUT2D eigenvalue weighted by Crippen LogP contribution is 2.67. The third kappa shape index (κ3) is 14.5. The van der Waals surface area contributed by atoms with E-state index in [-0.39, 0.29) is 35.9 Å². The van der Waals surface area contributed by atoms with E-state index in [9.17, 15) is 4.79 Å². The van der Waals surface area contributed by atoms with Gasteiger partial charge in [0.25, 0.3) is 0 Å². The molecule has 8 heteroatoms. The molecule has 2 unspecified atom stereocenters. The van der Waals surface area contributed by atoms with Crippen molar-refractivity contribution in [2.75, 3.05) is 18.8 Å². The first-order chi connectivity index (χ1) is 24.9.